The van der Waals surface area contributed by atoms with Gasteiger partial charge in [-0.15, -0.1) is 0 Å². The summed E-state index contributed by atoms with van der Waals surface area (Å²) in [6.45, 7) is 5.90. The fourth-order valence-corrected chi connectivity index (χ4v) is 4.53. The van der Waals surface area contributed by atoms with Crippen LogP contribution in [-0.2, 0) is 32.0 Å². The van der Waals surface area contributed by atoms with Gasteiger partial charge in [-0.05, 0) is 62.3 Å². The lowest BCUT2D eigenvalue weighted by atomic mass is 9.92. The van der Waals surface area contributed by atoms with Gasteiger partial charge in [0.05, 0.1) is 13.7 Å². The minimum absolute atomic E-state index is 0.149. The number of rotatable bonds is 11. The topological polar surface area (TPSA) is 84.9 Å². The first-order chi connectivity index (χ1) is 17.4. The molecular weight excluding hydrogens is 456 g/mol. The Morgan fingerprint density at radius 2 is 1.64 bits per heavy atom. The summed E-state index contributed by atoms with van der Waals surface area (Å²) in [5, 5.41) is 2.86. The normalized spacial score (nSPS) is 14.7. The Morgan fingerprint density at radius 3 is 2.25 bits per heavy atom. The van der Waals surface area contributed by atoms with E-state index in [1.165, 1.54) is 7.11 Å². The zero-order valence-corrected chi connectivity index (χ0v) is 21.6. The molecule has 3 rings (SSSR count). The Hall–Kier alpha value is -3.35. The third kappa shape index (κ3) is 8.40. The lowest BCUT2D eigenvalue weighted by Gasteiger charge is -2.32. The van der Waals surface area contributed by atoms with Crippen LogP contribution in [0.2, 0.25) is 0 Å². The smallest absolute Gasteiger partial charge is 0.328 e. The molecule has 0 unspecified atom stereocenters. The van der Waals surface area contributed by atoms with Crippen molar-refractivity contribution in [3.63, 3.8) is 0 Å². The van der Waals surface area contributed by atoms with Crippen LogP contribution in [0.4, 0.5) is 0 Å². The predicted molar refractivity (Wildman–Crippen MR) is 139 cm³/mol. The molecule has 0 saturated carbocycles. The summed E-state index contributed by atoms with van der Waals surface area (Å²) in [5.74, 6) is 0.579. The second-order valence-corrected chi connectivity index (χ2v) is 9.44. The molecule has 1 heterocycles. The molecule has 0 spiro atoms. The van der Waals surface area contributed by atoms with Gasteiger partial charge in [0.15, 0.2) is 0 Å². The number of nitrogens with zero attached hydrogens (tertiary/aromatic N) is 1. The van der Waals surface area contributed by atoms with Gasteiger partial charge in [-0.1, -0.05) is 42.0 Å². The minimum atomic E-state index is -0.713. The number of hydrogen-bond donors (Lipinski definition) is 1. The molecule has 1 saturated heterocycles. The number of carbonyl (C=O) groups is 3. The van der Waals surface area contributed by atoms with E-state index < -0.39 is 12.0 Å². The number of hydrogen-bond acceptors (Lipinski definition) is 5. The van der Waals surface area contributed by atoms with Crippen LogP contribution in [0, 0.1) is 12.8 Å². The molecule has 2 aromatic carbocycles. The second-order valence-electron chi connectivity index (χ2n) is 9.44. The van der Waals surface area contributed by atoms with E-state index in [1.54, 1.807) is 0 Å². The van der Waals surface area contributed by atoms with Gasteiger partial charge >= 0.3 is 5.97 Å². The minimum Gasteiger partial charge on any atom is -0.494 e. The second kappa shape index (κ2) is 13.7. The lowest BCUT2D eigenvalue weighted by Crippen LogP contribution is -2.44. The highest BCUT2D eigenvalue weighted by Crippen LogP contribution is 2.22. The molecule has 36 heavy (non-hydrogen) atoms. The molecule has 194 valence electrons. The average Bonchev–Trinajstić information content (AvgIpc) is 2.89. The first-order valence-electron chi connectivity index (χ1n) is 12.8. The number of nitrogens with one attached hydrogen (secondary N) is 1. The van der Waals surface area contributed by atoms with E-state index in [0.29, 0.717) is 45.4 Å². The number of piperidine rings is 1. The quantitative estimate of drug-likeness (QED) is 0.480. The summed E-state index contributed by atoms with van der Waals surface area (Å²) in [7, 11) is 1.33. The monoisotopic (exact) mass is 494 g/mol. The fraction of sp³-hybridized carbons (Fsp3) is 0.483. The van der Waals surface area contributed by atoms with Gasteiger partial charge in [0.25, 0.3) is 0 Å². The molecule has 0 aromatic heterocycles. The molecule has 0 aliphatic carbocycles. The Balaban J connectivity index is 1.41. The summed E-state index contributed by atoms with van der Waals surface area (Å²) in [4.78, 5) is 39.6. The third-order valence-electron chi connectivity index (χ3n) is 6.68. The predicted octanol–water partition coefficient (Wildman–Crippen LogP) is 3.86. The van der Waals surface area contributed by atoms with Crippen LogP contribution in [0.25, 0.3) is 0 Å². The number of carbonyl (C=O) groups excluding carboxylic acids is 3. The van der Waals surface area contributed by atoms with Crippen molar-refractivity contribution >= 4 is 17.8 Å². The number of amides is 2. The van der Waals surface area contributed by atoms with Crippen molar-refractivity contribution < 1.29 is 23.9 Å². The van der Waals surface area contributed by atoms with Gasteiger partial charge in [0.2, 0.25) is 11.8 Å². The molecule has 1 atom stereocenters. The summed E-state index contributed by atoms with van der Waals surface area (Å²) in [6, 6.07) is 15.1. The van der Waals surface area contributed by atoms with Crippen molar-refractivity contribution in [1.82, 2.24) is 10.2 Å². The molecule has 0 bridgehead atoms. The van der Waals surface area contributed by atoms with Crippen molar-refractivity contribution in [2.45, 2.75) is 58.4 Å². The van der Waals surface area contributed by atoms with Crippen molar-refractivity contribution in [2.75, 3.05) is 26.8 Å². The van der Waals surface area contributed by atoms with Crippen LogP contribution < -0.4 is 10.1 Å². The number of aryl methyl sites for hydroxylation is 2. The lowest BCUT2D eigenvalue weighted by molar-refractivity contribution is -0.145. The zero-order chi connectivity index (χ0) is 25.9. The van der Waals surface area contributed by atoms with Crippen molar-refractivity contribution in [2.24, 2.45) is 5.92 Å². The van der Waals surface area contributed by atoms with Crippen molar-refractivity contribution in [1.29, 1.82) is 0 Å². The number of ether oxygens (including phenoxy) is 2. The number of methoxy groups -OCH3 is 1. The van der Waals surface area contributed by atoms with Crippen LogP contribution in [-0.4, -0.2) is 55.5 Å². The molecular formula is C29H38N2O5. The number of benzene rings is 2. The number of esters is 1. The van der Waals surface area contributed by atoms with Gasteiger partial charge in [0.1, 0.15) is 11.8 Å². The first-order valence-corrected chi connectivity index (χ1v) is 12.8. The number of likely N-dealkylation sites (tertiary alicyclic amines) is 1. The van der Waals surface area contributed by atoms with Gasteiger partial charge in [-0.2, -0.15) is 0 Å². The van der Waals surface area contributed by atoms with Crippen molar-refractivity contribution in [3.8, 4) is 5.75 Å². The third-order valence-corrected chi connectivity index (χ3v) is 6.68. The van der Waals surface area contributed by atoms with Crippen LogP contribution in [0.3, 0.4) is 0 Å². The molecule has 1 aliphatic heterocycles. The first kappa shape index (κ1) is 27.2. The molecule has 1 N–H and O–H groups in total. The Bertz CT molecular complexity index is 995. The van der Waals surface area contributed by atoms with Crippen LogP contribution in [0.1, 0.15) is 49.3 Å². The SMILES string of the molecule is CCOc1ccc(CCC(=O)N2CCC(CC(=O)N[C@@H](Cc3ccc(C)cc3)C(=O)OC)CC2)cc1. The van der Waals surface area contributed by atoms with Gasteiger partial charge in [-0.3, -0.25) is 9.59 Å². The molecule has 7 heteroatoms. The van der Waals surface area contributed by atoms with Crippen LogP contribution in [0.5, 0.6) is 5.75 Å². The summed E-state index contributed by atoms with van der Waals surface area (Å²) >= 11 is 0. The summed E-state index contributed by atoms with van der Waals surface area (Å²) < 4.78 is 10.4. The van der Waals surface area contributed by atoms with E-state index in [9.17, 15) is 14.4 Å². The zero-order valence-electron chi connectivity index (χ0n) is 21.6. The Kier molecular flexibility index (Phi) is 10.3. The van der Waals surface area contributed by atoms with Gasteiger partial charge in [-0.25, -0.2) is 4.79 Å². The van der Waals surface area contributed by atoms with Gasteiger partial charge in [0, 0.05) is 32.4 Å². The maximum absolute atomic E-state index is 12.7. The van der Waals surface area contributed by atoms with Gasteiger partial charge < -0.3 is 19.7 Å². The molecule has 2 aromatic rings. The summed E-state index contributed by atoms with van der Waals surface area (Å²) in [5.41, 5.74) is 3.22. The molecule has 0 radical (unpaired) electrons. The molecule has 1 fully saturated rings. The fourth-order valence-electron chi connectivity index (χ4n) is 4.53. The highest BCUT2D eigenvalue weighted by Gasteiger charge is 2.27. The van der Waals surface area contributed by atoms with E-state index in [1.807, 2.05) is 67.3 Å². The van der Waals surface area contributed by atoms with E-state index >= 15 is 0 Å². The molecule has 1 aliphatic rings. The van der Waals surface area contributed by atoms with E-state index in [2.05, 4.69) is 5.32 Å². The largest absolute Gasteiger partial charge is 0.494 e. The maximum Gasteiger partial charge on any atom is 0.328 e. The average molecular weight is 495 g/mol. The Morgan fingerprint density at radius 1 is 1.00 bits per heavy atom. The standard InChI is InChI=1S/C29H38N2O5/c1-4-36-25-12-9-22(10-13-25)11-14-28(33)31-17-15-24(16-18-31)20-27(32)30-26(29(34)35-3)19-23-7-5-21(2)6-8-23/h5-10,12-13,24,26H,4,11,14-20H2,1-3H3,(H,30,32)/t26-/m0/s1. The van der Waals surface area contributed by atoms with E-state index in [-0.39, 0.29) is 17.7 Å². The Labute approximate surface area is 214 Å². The van der Waals surface area contributed by atoms with Crippen LogP contribution in [0.15, 0.2) is 48.5 Å². The van der Waals surface area contributed by atoms with E-state index in [0.717, 1.165) is 35.3 Å². The van der Waals surface area contributed by atoms with Crippen LogP contribution >= 0.6 is 0 Å². The maximum atomic E-state index is 12.7. The van der Waals surface area contributed by atoms with Crippen molar-refractivity contribution in [3.05, 3.63) is 65.2 Å². The van der Waals surface area contributed by atoms with E-state index in [4.69, 9.17) is 9.47 Å². The molecule has 7 nitrogen and oxygen atoms in total. The highest BCUT2D eigenvalue weighted by atomic mass is 16.5. The highest BCUT2D eigenvalue weighted by molar-refractivity contribution is 5.84. The summed E-state index contributed by atoms with van der Waals surface area (Å²) in [6.07, 6.45) is 3.46. The molecule has 2 amide bonds.